The Hall–Kier alpha value is -0.710. The molecule has 0 aromatic heterocycles. The summed E-state index contributed by atoms with van der Waals surface area (Å²) in [5.74, 6) is 7.93. The number of methoxy groups -OCH3 is 1. The summed E-state index contributed by atoms with van der Waals surface area (Å²) in [4.78, 5) is 0. The van der Waals surface area contributed by atoms with E-state index in [4.69, 9.17) is 10.6 Å². The molecular formula is C15H24N2OS. The van der Waals surface area contributed by atoms with Gasteiger partial charge in [-0.3, -0.25) is 11.3 Å². The van der Waals surface area contributed by atoms with Crippen molar-refractivity contribution in [2.24, 2.45) is 5.84 Å². The number of hydrogen-bond acceptors (Lipinski definition) is 4. The molecule has 1 aliphatic heterocycles. The van der Waals surface area contributed by atoms with Crippen LogP contribution >= 0.6 is 11.8 Å². The van der Waals surface area contributed by atoms with E-state index in [-0.39, 0.29) is 0 Å². The molecule has 3 N–H and O–H groups in total. The molecular weight excluding hydrogens is 256 g/mol. The van der Waals surface area contributed by atoms with Gasteiger partial charge in [0.15, 0.2) is 0 Å². The normalized spacial score (nSPS) is 21.1. The number of benzene rings is 1. The minimum Gasteiger partial charge on any atom is -0.497 e. The number of rotatable bonds is 6. The number of thioether (sulfide) groups is 1. The second-order valence-corrected chi connectivity index (χ2v) is 6.41. The van der Waals surface area contributed by atoms with Gasteiger partial charge in [0, 0.05) is 11.3 Å². The SMILES string of the molecule is COc1ccc(CCC(NN)C2CCCCS2)cc1. The van der Waals surface area contributed by atoms with Crippen molar-refractivity contribution >= 4 is 11.8 Å². The van der Waals surface area contributed by atoms with E-state index >= 15 is 0 Å². The maximum absolute atomic E-state index is 5.73. The number of aryl methyl sites for hydroxylation is 1. The van der Waals surface area contributed by atoms with E-state index in [0.29, 0.717) is 11.3 Å². The Balaban J connectivity index is 1.84. The first-order valence-electron chi connectivity index (χ1n) is 7.04. The lowest BCUT2D eigenvalue weighted by molar-refractivity contribution is 0.414. The molecule has 1 heterocycles. The number of ether oxygens (including phenoxy) is 1. The second-order valence-electron chi connectivity index (χ2n) is 5.06. The fraction of sp³-hybridized carbons (Fsp3) is 0.600. The van der Waals surface area contributed by atoms with Crippen molar-refractivity contribution in [3.8, 4) is 5.75 Å². The molecule has 1 aliphatic rings. The van der Waals surface area contributed by atoms with Crippen LogP contribution in [0.5, 0.6) is 5.75 Å². The molecule has 1 aromatic carbocycles. The maximum Gasteiger partial charge on any atom is 0.118 e. The van der Waals surface area contributed by atoms with Crippen LogP contribution in [0, 0.1) is 0 Å². The maximum atomic E-state index is 5.73. The molecule has 0 spiro atoms. The highest BCUT2D eigenvalue weighted by atomic mass is 32.2. The van der Waals surface area contributed by atoms with Crippen molar-refractivity contribution in [2.75, 3.05) is 12.9 Å². The summed E-state index contributed by atoms with van der Waals surface area (Å²) in [6.45, 7) is 0. The highest BCUT2D eigenvalue weighted by Crippen LogP contribution is 2.29. The van der Waals surface area contributed by atoms with Crippen LogP contribution in [0.4, 0.5) is 0 Å². The summed E-state index contributed by atoms with van der Waals surface area (Å²) in [7, 11) is 1.70. The van der Waals surface area contributed by atoms with Gasteiger partial charge in [-0.15, -0.1) is 0 Å². The van der Waals surface area contributed by atoms with Crippen molar-refractivity contribution in [3.05, 3.63) is 29.8 Å². The van der Waals surface area contributed by atoms with Crippen LogP contribution in [0.3, 0.4) is 0 Å². The summed E-state index contributed by atoms with van der Waals surface area (Å²) in [5, 5.41) is 0.678. The Morgan fingerprint density at radius 2 is 2.16 bits per heavy atom. The standard InChI is InChI=1S/C15H24N2OS/c1-18-13-8-5-12(6-9-13)7-10-14(17-16)15-4-2-3-11-19-15/h5-6,8-9,14-15,17H,2-4,7,10-11,16H2,1H3. The van der Waals surface area contributed by atoms with Crippen LogP contribution in [0.25, 0.3) is 0 Å². The molecule has 0 aliphatic carbocycles. The average molecular weight is 280 g/mol. The quantitative estimate of drug-likeness (QED) is 0.621. The largest absolute Gasteiger partial charge is 0.497 e. The Morgan fingerprint density at radius 3 is 2.74 bits per heavy atom. The summed E-state index contributed by atoms with van der Waals surface area (Å²) in [5.41, 5.74) is 4.37. The Kier molecular flexibility index (Phi) is 6.01. The average Bonchev–Trinajstić information content (AvgIpc) is 2.49. The van der Waals surface area contributed by atoms with Crippen LogP contribution in [-0.4, -0.2) is 24.2 Å². The van der Waals surface area contributed by atoms with E-state index in [0.717, 1.165) is 18.6 Å². The molecule has 4 heteroatoms. The molecule has 2 atom stereocenters. The van der Waals surface area contributed by atoms with Crippen molar-refractivity contribution in [2.45, 2.75) is 43.4 Å². The van der Waals surface area contributed by atoms with E-state index in [1.54, 1.807) is 7.11 Å². The zero-order chi connectivity index (χ0) is 13.5. The zero-order valence-electron chi connectivity index (χ0n) is 11.6. The summed E-state index contributed by atoms with van der Waals surface area (Å²) in [6.07, 6.45) is 6.16. The summed E-state index contributed by atoms with van der Waals surface area (Å²) < 4.78 is 5.18. The Morgan fingerprint density at radius 1 is 1.37 bits per heavy atom. The molecule has 1 saturated heterocycles. The van der Waals surface area contributed by atoms with Crippen molar-refractivity contribution in [1.82, 2.24) is 5.43 Å². The van der Waals surface area contributed by atoms with Gasteiger partial charge in [0.05, 0.1) is 7.11 Å². The molecule has 3 nitrogen and oxygen atoms in total. The van der Waals surface area contributed by atoms with Gasteiger partial charge in [-0.25, -0.2) is 0 Å². The first-order valence-corrected chi connectivity index (χ1v) is 8.09. The van der Waals surface area contributed by atoms with Gasteiger partial charge in [0.1, 0.15) is 5.75 Å². The topological polar surface area (TPSA) is 47.3 Å². The molecule has 1 fully saturated rings. The highest BCUT2D eigenvalue weighted by molar-refractivity contribution is 8.00. The Labute approximate surface area is 120 Å². The van der Waals surface area contributed by atoms with Gasteiger partial charge >= 0.3 is 0 Å². The number of nitrogens with two attached hydrogens (primary N) is 1. The third-order valence-electron chi connectivity index (χ3n) is 3.78. The van der Waals surface area contributed by atoms with E-state index in [2.05, 4.69) is 29.3 Å². The first kappa shape index (κ1) is 14.7. The van der Waals surface area contributed by atoms with Crippen molar-refractivity contribution < 1.29 is 4.74 Å². The lowest BCUT2D eigenvalue weighted by Crippen LogP contribution is -2.43. The zero-order valence-corrected chi connectivity index (χ0v) is 12.4. The molecule has 19 heavy (non-hydrogen) atoms. The smallest absolute Gasteiger partial charge is 0.118 e. The number of hydrogen-bond donors (Lipinski definition) is 2. The van der Waals surface area contributed by atoms with E-state index in [1.807, 2.05) is 12.1 Å². The lowest BCUT2D eigenvalue weighted by Gasteiger charge is -2.29. The fourth-order valence-corrected chi connectivity index (χ4v) is 4.03. The number of hydrazine groups is 1. The van der Waals surface area contributed by atoms with Crippen molar-refractivity contribution in [1.29, 1.82) is 0 Å². The van der Waals surface area contributed by atoms with Gasteiger partial charge in [0.2, 0.25) is 0 Å². The minimum absolute atomic E-state index is 0.424. The van der Waals surface area contributed by atoms with Crippen LogP contribution in [0.2, 0.25) is 0 Å². The minimum atomic E-state index is 0.424. The lowest BCUT2D eigenvalue weighted by atomic mass is 10.00. The molecule has 2 unspecified atom stereocenters. The monoisotopic (exact) mass is 280 g/mol. The number of nitrogens with one attached hydrogen (secondary N) is 1. The molecule has 0 saturated carbocycles. The van der Waals surface area contributed by atoms with Gasteiger partial charge < -0.3 is 4.74 Å². The molecule has 1 aromatic rings. The predicted molar refractivity (Wildman–Crippen MR) is 82.5 cm³/mol. The van der Waals surface area contributed by atoms with Crippen molar-refractivity contribution in [3.63, 3.8) is 0 Å². The van der Waals surface area contributed by atoms with Crippen LogP contribution in [-0.2, 0) is 6.42 Å². The molecule has 0 radical (unpaired) electrons. The van der Waals surface area contributed by atoms with Gasteiger partial charge in [0.25, 0.3) is 0 Å². The second kappa shape index (κ2) is 7.78. The molecule has 0 amide bonds. The third-order valence-corrected chi connectivity index (χ3v) is 5.30. The summed E-state index contributed by atoms with van der Waals surface area (Å²) >= 11 is 2.07. The van der Waals surface area contributed by atoms with Gasteiger partial charge in [-0.05, 0) is 49.1 Å². The molecule has 0 bridgehead atoms. The van der Waals surface area contributed by atoms with E-state index < -0.39 is 0 Å². The van der Waals surface area contributed by atoms with Gasteiger partial charge in [-0.2, -0.15) is 11.8 Å². The molecule has 106 valence electrons. The first-order chi connectivity index (χ1) is 9.33. The summed E-state index contributed by atoms with van der Waals surface area (Å²) in [6, 6.07) is 8.75. The van der Waals surface area contributed by atoms with Crippen LogP contribution in [0.1, 0.15) is 31.2 Å². The fourth-order valence-electron chi connectivity index (χ4n) is 2.57. The predicted octanol–water partition coefficient (Wildman–Crippen LogP) is 2.75. The van der Waals surface area contributed by atoms with E-state index in [9.17, 15) is 0 Å². The highest BCUT2D eigenvalue weighted by Gasteiger charge is 2.22. The Bertz CT molecular complexity index is 363. The van der Waals surface area contributed by atoms with Gasteiger partial charge in [-0.1, -0.05) is 18.6 Å². The third kappa shape index (κ3) is 4.41. The molecule has 2 rings (SSSR count). The van der Waals surface area contributed by atoms with E-state index in [1.165, 1.54) is 30.6 Å². The van der Waals surface area contributed by atoms with Crippen LogP contribution in [0.15, 0.2) is 24.3 Å². The van der Waals surface area contributed by atoms with Crippen LogP contribution < -0.4 is 16.0 Å².